The summed E-state index contributed by atoms with van der Waals surface area (Å²) < 4.78 is 24.5. The van der Waals surface area contributed by atoms with E-state index in [2.05, 4.69) is 10.3 Å². The highest BCUT2D eigenvalue weighted by Crippen LogP contribution is 2.18. The zero-order chi connectivity index (χ0) is 17.8. The van der Waals surface area contributed by atoms with Gasteiger partial charge in [0, 0.05) is 19.7 Å². The van der Waals surface area contributed by atoms with Crippen molar-refractivity contribution < 1.29 is 18.3 Å². The second kappa shape index (κ2) is 7.65. The number of carbonyl (C=O) groups excluding carboxylic acids is 1. The predicted molar refractivity (Wildman–Crippen MR) is 90.8 cm³/mol. The molecule has 0 unspecified atom stereocenters. The lowest BCUT2D eigenvalue weighted by molar-refractivity contribution is 0.0818. The number of nitrogens with zero attached hydrogens (tertiary/aromatic N) is 2. The van der Waals surface area contributed by atoms with E-state index >= 15 is 0 Å². The van der Waals surface area contributed by atoms with Gasteiger partial charge in [0.1, 0.15) is 11.6 Å². The molecule has 1 aliphatic heterocycles. The fourth-order valence-electron chi connectivity index (χ4n) is 2.81. The summed E-state index contributed by atoms with van der Waals surface area (Å²) in [7, 11) is 0. The topological polar surface area (TPSA) is 67.6 Å². The molecule has 1 atom stereocenters. The van der Waals surface area contributed by atoms with E-state index in [-0.39, 0.29) is 30.5 Å². The van der Waals surface area contributed by atoms with Crippen LogP contribution in [-0.4, -0.2) is 35.2 Å². The number of amides is 2. The van der Waals surface area contributed by atoms with Gasteiger partial charge in [0.2, 0.25) is 0 Å². The van der Waals surface area contributed by atoms with Crippen LogP contribution in [0, 0.1) is 19.7 Å². The van der Waals surface area contributed by atoms with Crippen LogP contribution in [0.5, 0.6) is 0 Å². The van der Waals surface area contributed by atoms with E-state index in [1.54, 1.807) is 24.0 Å². The Morgan fingerprint density at radius 1 is 1.44 bits per heavy atom. The van der Waals surface area contributed by atoms with E-state index in [4.69, 9.17) is 9.15 Å². The first-order valence-corrected chi connectivity index (χ1v) is 8.37. The van der Waals surface area contributed by atoms with Gasteiger partial charge in [0.15, 0.2) is 0 Å². The van der Waals surface area contributed by atoms with Gasteiger partial charge in [-0.2, -0.15) is 4.98 Å². The standard InChI is InChI=1S/C18H22FN3O3/c1-12-13(2)25-17(20-12)21-18(23)22(11-16-7-4-8-24-16)10-14-5-3-6-15(19)9-14/h3,5-6,9,16H,4,7-8,10-11H2,1-2H3,(H,20,21,23)/t16-/m0/s1. The third-order valence-corrected chi connectivity index (χ3v) is 4.24. The molecule has 134 valence electrons. The molecule has 1 fully saturated rings. The second-order valence-electron chi connectivity index (χ2n) is 6.24. The molecule has 0 radical (unpaired) electrons. The zero-order valence-electron chi connectivity index (χ0n) is 14.4. The van der Waals surface area contributed by atoms with Crippen LogP contribution in [0.25, 0.3) is 0 Å². The first kappa shape index (κ1) is 17.4. The van der Waals surface area contributed by atoms with Gasteiger partial charge in [-0.25, -0.2) is 9.18 Å². The van der Waals surface area contributed by atoms with Gasteiger partial charge >= 0.3 is 12.0 Å². The van der Waals surface area contributed by atoms with Crippen molar-refractivity contribution in [2.75, 3.05) is 18.5 Å². The number of aryl methyl sites for hydroxylation is 2. The number of benzene rings is 1. The summed E-state index contributed by atoms with van der Waals surface area (Å²) in [5.74, 6) is 0.333. The SMILES string of the molecule is Cc1nc(NC(=O)N(Cc2cccc(F)c2)C[C@@H]2CCCO2)oc1C. The lowest BCUT2D eigenvalue weighted by atomic mass is 10.2. The maximum absolute atomic E-state index is 13.4. The third kappa shape index (κ3) is 4.57. The Kier molecular flexibility index (Phi) is 5.33. The Morgan fingerprint density at radius 2 is 2.28 bits per heavy atom. The van der Waals surface area contributed by atoms with Crippen LogP contribution >= 0.6 is 0 Å². The Morgan fingerprint density at radius 3 is 2.92 bits per heavy atom. The summed E-state index contributed by atoms with van der Waals surface area (Å²) in [6.45, 7) is 5.02. The Hall–Kier alpha value is -2.41. The molecular formula is C18H22FN3O3. The normalized spacial score (nSPS) is 16.8. The monoisotopic (exact) mass is 347 g/mol. The smallest absolute Gasteiger partial charge is 0.325 e. The molecule has 25 heavy (non-hydrogen) atoms. The van der Waals surface area contributed by atoms with Crippen molar-refractivity contribution in [3.63, 3.8) is 0 Å². The second-order valence-corrected chi connectivity index (χ2v) is 6.24. The first-order valence-electron chi connectivity index (χ1n) is 8.37. The molecule has 3 rings (SSSR count). The van der Waals surface area contributed by atoms with Crippen LogP contribution in [-0.2, 0) is 11.3 Å². The van der Waals surface area contributed by atoms with Gasteiger partial charge in [-0.15, -0.1) is 0 Å². The van der Waals surface area contributed by atoms with Crippen LogP contribution in [0.15, 0.2) is 28.7 Å². The number of rotatable bonds is 5. The molecule has 1 aromatic heterocycles. The number of hydrogen-bond acceptors (Lipinski definition) is 4. The molecule has 1 N–H and O–H groups in total. The summed E-state index contributed by atoms with van der Waals surface area (Å²) in [5.41, 5.74) is 1.44. The maximum Gasteiger partial charge on any atom is 0.325 e. The van der Waals surface area contributed by atoms with E-state index in [0.717, 1.165) is 18.5 Å². The predicted octanol–water partition coefficient (Wildman–Crippen LogP) is 3.64. The van der Waals surface area contributed by atoms with Gasteiger partial charge in [-0.1, -0.05) is 12.1 Å². The molecule has 6 nitrogen and oxygen atoms in total. The Balaban J connectivity index is 1.73. The molecule has 7 heteroatoms. The molecule has 1 aliphatic rings. The summed E-state index contributed by atoms with van der Waals surface area (Å²) in [6.07, 6.45) is 1.88. The quantitative estimate of drug-likeness (QED) is 0.896. The number of carbonyl (C=O) groups is 1. The Labute approximate surface area is 146 Å². The van der Waals surface area contributed by atoms with E-state index in [9.17, 15) is 9.18 Å². The van der Waals surface area contributed by atoms with Crippen molar-refractivity contribution in [2.24, 2.45) is 0 Å². The molecular weight excluding hydrogens is 325 g/mol. The summed E-state index contributed by atoms with van der Waals surface area (Å²) in [4.78, 5) is 18.4. The van der Waals surface area contributed by atoms with Crippen molar-refractivity contribution >= 4 is 12.0 Å². The van der Waals surface area contributed by atoms with Crippen LogP contribution < -0.4 is 5.32 Å². The highest BCUT2D eigenvalue weighted by atomic mass is 19.1. The summed E-state index contributed by atoms with van der Waals surface area (Å²) in [5, 5.41) is 2.67. The van der Waals surface area contributed by atoms with Gasteiger partial charge in [0.05, 0.1) is 11.8 Å². The average molecular weight is 347 g/mol. The van der Waals surface area contributed by atoms with E-state index in [1.807, 2.05) is 6.92 Å². The first-order chi connectivity index (χ1) is 12.0. The van der Waals surface area contributed by atoms with Crippen LogP contribution in [0.4, 0.5) is 15.2 Å². The highest BCUT2D eigenvalue weighted by Gasteiger charge is 2.24. The van der Waals surface area contributed by atoms with Crippen LogP contribution in [0.1, 0.15) is 29.9 Å². The maximum atomic E-state index is 13.4. The minimum absolute atomic E-state index is 0.00709. The number of hydrogen-bond donors (Lipinski definition) is 1. The lowest BCUT2D eigenvalue weighted by Gasteiger charge is -2.25. The van der Waals surface area contributed by atoms with E-state index in [0.29, 0.717) is 24.5 Å². The molecule has 0 spiro atoms. The van der Waals surface area contributed by atoms with Crippen LogP contribution in [0.2, 0.25) is 0 Å². The minimum Gasteiger partial charge on any atom is -0.428 e. The molecule has 1 saturated heterocycles. The minimum atomic E-state index is -0.346. The average Bonchev–Trinajstić information content (AvgIpc) is 3.17. The van der Waals surface area contributed by atoms with Crippen molar-refractivity contribution in [1.29, 1.82) is 0 Å². The van der Waals surface area contributed by atoms with Crippen molar-refractivity contribution in [1.82, 2.24) is 9.88 Å². The summed E-state index contributed by atoms with van der Waals surface area (Å²) in [6, 6.07) is 6.05. The number of urea groups is 1. The number of anilines is 1. The number of halogens is 1. The molecule has 2 heterocycles. The van der Waals surface area contributed by atoms with Crippen molar-refractivity contribution in [2.45, 2.75) is 39.3 Å². The van der Waals surface area contributed by atoms with Crippen molar-refractivity contribution in [3.8, 4) is 0 Å². The zero-order valence-corrected chi connectivity index (χ0v) is 14.4. The molecule has 2 amide bonds. The number of oxazole rings is 1. The fraction of sp³-hybridized carbons (Fsp3) is 0.444. The molecule has 1 aromatic carbocycles. The molecule has 0 aliphatic carbocycles. The Bertz CT molecular complexity index is 721. The molecule has 0 bridgehead atoms. The van der Waals surface area contributed by atoms with E-state index < -0.39 is 0 Å². The largest absolute Gasteiger partial charge is 0.428 e. The lowest BCUT2D eigenvalue weighted by Crippen LogP contribution is -2.39. The number of aromatic nitrogens is 1. The van der Waals surface area contributed by atoms with Gasteiger partial charge in [-0.05, 0) is 44.4 Å². The third-order valence-electron chi connectivity index (χ3n) is 4.24. The van der Waals surface area contributed by atoms with Crippen LogP contribution in [0.3, 0.4) is 0 Å². The highest BCUT2D eigenvalue weighted by molar-refractivity contribution is 5.87. The molecule has 0 saturated carbocycles. The number of ether oxygens (including phenoxy) is 1. The van der Waals surface area contributed by atoms with Gasteiger partial charge < -0.3 is 14.1 Å². The van der Waals surface area contributed by atoms with Gasteiger partial charge in [-0.3, -0.25) is 5.32 Å². The van der Waals surface area contributed by atoms with Gasteiger partial charge in [0.25, 0.3) is 0 Å². The fourth-order valence-corrected chi connectivity index (χ4v) is 2.81. The molecule has 2 aromatic rings. The number of nitrogens with one attached hydrogen (secondary N) is 1. The van der Waals surface area contributed by atoms with E-state index in [1.165, 1.54) is 12.1 Å². The summed E-state index contributed by atoms with van der Waals surface area (Å²) >= 11 is 0. The van der Waals surface area contributed by atoms with Crippen molar-refractivity contribution in [3.05, 3.63) is 47.1 Å².